The van der Waals surface area contributed by atoms with Crippen LogP contribution in [-0.4, -0.2) is 61.8 Å². The summed E-state index contributed by atoms with van der Waals surface area (Å²) in [5.41, 5.74) is 2.16. The van der Waals surface area contributed by atoms with Crippen molar-refractivity contribution in [1.29, 1.82) is 0 Å². The van der Waals surface area contributed by atoms with Crippen LogP contribution in [0.2, 0.25) is 0 Å². The first-order valence-corrected chi connectivity index (χ1v) is 9.65. The van der Waals surface area contributed by atoms with Crippen LogP contribution in [0.1, 0.15) is 23.0 Å². The number of carbonyl (C=O) groups is 2. The van der Waals surface area contributed by atoms with Crippen molar-refractivity contribution in [3.05, 3.63) is 53.9 Å². The second kappa shape index (κ2) is 9.77. The van der Waals surface area contributed by atoms with Gasteiger partial charge < -0.3 is 24.6 Å². The maximum absolute atomic E-state index is 12.6. The first kappa shape index (κ1) is 20.4. The van der Waals surface area contributed by atoms with Gasteiger partial charge in [0, 0.05) is 50.2 Å². The van der Waals surface area contributed by atoms with Gasteiger partial charge in [-0.05, 0) is 25.1 Å². The molecule has 0 bridgehead atoms. The monoisotopic (exact) mass is 398 g/mol. The average Bonchev–Trinajstić information content (AvgIpc) is 2.78. The number of piperazine rings is 1. The van der Waals surface area contributed by atoms with Crippen molar-refractivity contribution in [3.63, 3.8) is 0 Å². The minimum Gasteiger partial charge on any atom is -0.496 e. The number of carbonyl (C=O) groups excluding carboxylic acids is 2. The van der Waals surface area contributed by atoms with Gasteiger partial charge in [-0.3, -0.25) is 9.78 Å². The van der Waals surface area contributed by atoms with E-state index < -0.39 is 0 Å². The minimum atomic E-state index is -0.279. The SMILES string of the molecule is CCOC(=O)N1CCN(c2ccnc(C(=O)NCc3ccccc3OC)c2)CC1. The van der Waals surface area contributed by atoms with Crippen LogP contribution < -0.4 is 15.0 Å². The number of hydrogen-bond acceptors (Lipinski definition) is 6. The lowest BCUT2D eigenvalue weighted by Gasteiger charge is -2.35. The fourth-order valence-electron chi connectivity index (χ4n) is 3.22. The second-order valence-corrected chi connectivity index (χ2v) is 6.57. The van der Waals surface area contributed by atoms with Gasteiger partial charge in [-0.2, -0.15) is 0 Å². The summed E-state index contributed by atoms with van der Waals surface area (Å²) in [5.74, 6) is 0.483. The number of pyridine rings is 1. The Labute approximate surface area is 170 Å². The van der Waals surface area contributed by atoms with Crippen molar-refractivity contribution >= 4 is 17.7 Å². The van der Waals surface area contributed by atoms with E-state index in [2.05, 4.69) is 15.2 Å². The Morgan fingerprint density at radius 1 is 1.14 bits per heavy atom. The van der Waals surface area contributed by atoms with Crippen LogP contribution in [0, 0.1) is 0 Å². The summed E-state index contributed by atoms with van der Waals surface area (Å²) >= 11 is 0. The Morgan fingerprint density at radius 3 is 2.62 bits per heavy atom. The van der Waals surface area contributed by atoms with Crippen molar-refractivity contribution in [3.8, 4) is 5.75 Å². The van der Waals surface area contributed by atoms with Gasteiger partial charge in [-0.1, -0.05) is 18.2 Å². The van der Waals surface area contributed by atoms with Gasteiger partial charge in [0.1, 0.15) is 11.4 Å². The molecule has 1 aliphatic rings. The van der Waals surface area contributed by atoms with E-state index in [0.717, 1.165) is 17.0 Å². The summed E-state index contributed by atoms with van der Waals surface area (Å²) in [6.45, 7) is 5.03. The molecule has 0 atom stereocenters. The third kappa shape index (κ3) is 5.16. The van der Waals surface area contributed by atoms with Crippen molar-refractivity contribution in [2.75, 3.05) is 44.8 Å². The molecule has 0 unspecified atom stereocenters. The number of nitrogens with one attached hydrogen (secondary N) is 1. The number of rotatable bonds is 6. The Morgan fingerprint density at radius 2 is 1.90 bits per heavy atom. The molecular weight excluding hydrogens is 372 g/mol. The van der Waals surface area contributed by atoms with Crippen LogP contribution >= 0.6 is 0 Å². The molecule has 2 aromatic rings. The third-order valence-corrected chi connectivity index (χ3v) is 4.78. The summed E-state index contributed by atoms with van der Waals surface area (Å²) in [6, 6.07) is 11.2. The molecule has 0 aliphatic carbocycles. The molecule has 0 spiro atoms. The molecule has 8 nitrogen and oxygen atoms in total. The average molecular weight is 398 g/mol. The first-order valence-electron chi connectivity index (χ1n) is 9.65. The Kier molecular flexibility index (Phi) is 6.89. The van der Waals surface area contributed by atoms with E-state index >= 15 is 0 Å². The lowest BCUT2D eigenvalue weighted by molar-refractivity contribution is 0.0945. The highest BCUT2D eigenvalue weighted by Crippen LogP contribution is 2.19. The highest BCUT2D eigenvalue weighted by atomic mass is 16.6. The molecule has 1 aromatic heterocycles. The third-order valence-electron chi connectivity index (χ3n) is 4.78. The fraction of sp³-hybridized carbons (Fsp3) is 0.381. The predicted molar refractivity (Wildman–Crippen MR) is 109 cm³/mol. The molecule has 3 rings (SSSR count). The van der Waals surface area contributed by atoms with Crippen LogP contribution in [0.25, 0.3) is 0 Å². The van der Waals surface area contributed by atoms with Gasteiger partial charge in [0.05, 0.1) is 13.7 Å². The summed E-state index contributed by atoms with van der Waals surface area (Å²) < 4.78 is 10.4. The number of nitrogens with zero attached hydrogens (tertiary/aromatic N) is 3. The first-order chi connectivity index (χ1) is 14.1. The van der Waals surface area contributed by atoms with Gasteiger partial charge in [-0.25, -0.2) is 4.79 Å². The van der Waals surface area contributed by atoms with E-state index in [4.69, 9.17) is 9.47 Å². The molecule has 8 heteroatoms. The molecule has 2 heterocycles. The van der Waals surface area contributed by atoms with Crippen LogP contribution in [0.15, 0.2) is 42.6 Å². The summed E-state index contributed by atoms with van der Waals surface area (Å²) in [7, 11) is 1.60. The van der Waals surface area contributed by atoms with Crippen LogP contribution in [0.5, 0.6) is 5.75 Å². The van der Waals surface area contributed by atoms with Gasteiger partial charge >= 0.3 is 6.09 Å². The van der Waals surface area contributed by atoms with E-state index in [1.807, 2.05) is 30.3 Å². The number of ether oxygens (including phenoxy) is 2. The maximum Gasteiger partial charge on any atom is 0.409 e. The van der Waals surface area contributed by atoms with E-state index in [0.29, 0.717) is 45.0 Å². The molecule has 1 saturated heterocycles. The predicted octanol–water partition coefficient (Wildman–Crippen LogP) is 2.30. The Hall–Kier alpha value is -3.29. The Balaban J connectivity index is 1.59. The largest absolute Gasteiger partial charge is 0.496 e. The summed E-state index contributed by atoms with van der Waals surface area (Å²) in [4.78, 5) is 32.4. The number of para-hydroxylation sites is 1. The molecule has 0 saturated carbocycles. The molecule has 1 aliphatic heterocycles. The lowest BCUT2D eigenvalue weighted by atomic mass is 10.2. The van der Waals surface area contributed by atoms with Gasteiger partial charge in [0.15, 0.2) is 0 Å². The van der Waals surface area contributed by atoms with E-state index in [9.17, 15) is 9.59 Å². The smallest absolute Gasteiger partial charge is 0.409 e. The van der Waals surface area contributed by atoms with Gasteiger partial charge in [-0.15, -0.1) is 0 Å². The summed E-state index contributed by atoms with van der Waals surface area (Å²) in [5, 5.41) is 2.89. The molecule has 29 heavy (non-hydrogen) atoms. The quantitative estimate of drug-likeness (QED) is 0.804. The number of anilines is 1. The van der Waals surface area contributed by atoms with E-state index in [-0.39, 0.29) is 12.0 Å². The van der Waals surface area contributed by atoms with Gasteiger partial charge in [0.25, 0.3) is 5.91 Å². The number of aromatic nitrogens is 1. The Bertz CT molecular complexity index is 850. The molecule has 1 fully saturated rings. The van der Waals surface area contributed by atoms with Gasteiger partial charge in [0.2, 0.25) is 0 Å². The highest BCUT2D eigenvalue weighted by Gasteiger charge is 2.22. The van der Waals surface area contributed by atoms with Crippen LogP contribution in [0.3, 0.4) is 0 Å². The molecular formula is C21H26N4O4. The molecule has 2 amide bonds. The second-order valence-electron chi connectivity index (χ2n) is 6.57. The minimum absolute atomic E-state index is 0.247. The normalized spacial score (nSPS) is 13.7. The molecule has 154 valence electrons. The zero-order valence-electron chi connectivity index (χ0n) is 16.8. The zero-order valence-corrected chi connectivity index (χ0v) is 16.8. The van der Waals surface area contributed by atoms with Crippen molar-refractivity contribution < 1.29 is 19.1 Å². The maximum atomic E-state index is 12.6. The molecule has 1 N–H and O–H groups in total. The topological polar surface area (TPSA) is 84.0 Å². The standard InChI is InChI=1S/C21H26N4O4/c1-3-29-21(27)25-12-10-24(11-13-25)17-8-9-22-18(14-17)20(26)23-15-16-6-4-5-7-19(16)28-2/h4-9,14H,3,10-13,15H2,1-2H3,(H,23,26). The molecule has 1 aromatic carbocycles. The van der Waals surface area contributed by atoms with Crippen molar-refractivity contribution in [2.45, 2.75) is 13.5 Å². The molecule has 0 radical (unpaired) electrons. The fourth-order valence-corrected chi connectivity index (χ4v) is 3.22. The van der Waals surface area contributed by atoms with E-state index in [1.54, 1.807) is 31.2 Å². The number of benzene rings is 1. The lowest BCUT2D eigenvalue weighted by Crippen LogP contribution is -2.49. The summed E-state index contributed by atoms with van der Waals surface area (Å²) in [6.07, 6.45) is 1.35. The number of methoxy groups -OCH3 is 1. The van der Waals surface area contributed by atoms with Crippen LogP contribution in [-0.2, 0) is 11.3 Å². The number of hydrogen-bond donors (Lipinski definition) is 1. The van der Waals surface area contributed by atoms with Crippen molar-refractivity contribution in [2.24, 2.45) is 0 Å². The van der Waals surface area contributed by atoms with Crippen LogP contribution in [0.4, 0.5) is 10.5 Å². The van der Waals surface area contributed by atoms with E-state index in [1.165, 1.54) is 0 Å². The highest BCUT2D eigenvalue weighted by molar-refractivity contribution is 5.93. The number of amides is 2. The zero-order chi connectivity index (χ0) is 20.6. The van der Waals surface area contributed by atoms with Crippen molar-refractivity contribution in [1.82, 2.24) is 15.2 Å².